The molecule has 4 atom stereocenters. The van der Waals surface area contributed by atoms with Crippen LogP contribution in [0, 0.1) is 17.3 Å². The van der Waals surface area contributed by atoms with E-state index in [4.69, 9.17) is 4.74 Å². The second-order valence-corrected chi connectivity index (χ2v) is 7.07. The summed E-state index contributed by atoms with van der Waals surface area (Å²) in [5, 5.41) is 0. The van der Waals surface area contributed by atoms with Crippen LogP contribution in [-0.4, -0.2) is 17.5 Å². The molecular formula is C19H20O4. The van der Waals surface area contributed by atoms with Gasteiger partial charge in [-0.2, -0.15) is 0 Å². The van der Waals surface area contributed by atoms with E-state index in [0.29, 0.717) is 5.75 Å². The number of rotatable bonds is 1. The minimum absolute atomic E-state index is 0.147. The number of ether oxygens (including phenoxy) is 1. The molecular weight excluding hydrogens is 292 g/mol. The lowest BCUT2D eigenvalue weighted by Crippen LogP contribution is -2.60. The van der Waals surface area contributed by atoms with Crippen molar-refractivity contribution in [3.05, 3.63) is 29.8 Å². The summed E-state index contributed by atoms with van der Waals surface area (Å²) in [4.78, 5) is 38.4. The van der Waals surface area contributed by atoms with E-state index < -0.39 is 11.4 Å². The fraction of sp³-hybridized carbons (Fsp3) is 0.526. The number of fused-ring (bicyclic) bond motifs is 5. The summed E-state index contributed by atoms with van der Waals surface area (Å²) >= 11 is 0. The van der Waals surface area contributed by atoms with Gasteiger partial charge in [0.05, 0.1) is 0 Å². The van der Waals surface area contributed by atoms with Gasteiger partial charge in [0.1, 0.15) is 22.7 Å². The van der Waals surface area contributed by atoms with Gasteiger partial charge in [-0.15, -0.1) is 0 Å². The van der Waals surface area contributed by atoms with E-state index >= 15 is 0 Å². The molecule has 3 aliphatic rings. The standard InChI is InChI=1S/C19H20O4/c1-11(20)19-14-8-4-2-6-12(14)16(21)10-15(19)13-7-3-5-9-17(13)23-18(19)22/h3,5,7,9,12,14-15H,2,4,6,8,10H2,1H3. The summed E-state index contributed by atoms with van der Waals surface area (Å²) in [7, 11) is 0. The van der Waals surface area contributed by atoms with Gasteiger partial charge in [0.15, 0.2) is 0 Å². The van der Waals surface area contributed by atoms with Crippen molar-refractivity contribution in [2.45, 2.75) is 44.9 Å². The highest BCUT2D eigenvalue weighted by Gasteiger charge is 2.65. The lowest BCUT2D eigenvalue weighted by atomic mass is 9.49. The monoisotopic (exact) mass is 312 g/mol. The van der Waals surface area contributed by atoms with Gasteiger partial charge in [0.2, 0.25) is 0 Å². The lowest BCUT2D eigenvalue weighted by molar-refractivity contribution is -0.169. The van der Waals surface area contributed by atoms with Crippen molar-refractivity contribution in [1.29, 1.82) is 0 Å². The van der Waals surface area contributed by atoms with E-state index in [2.05, 4.69) is 0 Å². The van der Waals surface area contributed by atoms with Gasteiger partial charge < -0.3 is 4.74 Å². The van der Waals surface area contributed by atoms with Crippen LogP contribution >= 0.6 is 0 Å². The molecule has 120 valence electrons. The first-order valence-electron chi connectivity index (χ1n) is 8.41. The quantitative estimate of drug-likeness (QED) is 0.454. The molecule has 1 aromatic rings. The Bertz CT molecular complexity index is 707. The third-order valence-corrected chi connectivity index (χ3v) is 6.14. The van der Waals surface area contributed by atoms with Crippen molar-refractivity contribution in [3.63, 3.8) is 0 Å². The highest BCUT2D eigenvalue weighted by atomic mass is 16.5. The minimum atomic E-state index is -1.17. The molecule has 23 heavy (non-hydrogen) atoms. The van der Waals surface area contributed by atoms with E-state index in [0.717, 1.165) is 31.2 Å². The minimum Gasteiger partial charge on any atom is -0.425 e. The fourth-order valence-corrected chi connectivity index (χ4v) is 5.18. The molecule has 2 aliphatic carbocycles. The lowest BCUT2D eigenvalue weighted by Gasteiger charge is -2.52. The Balaban J connectivity index is 1.94. The summed E-state index contributed by atoms with van der Waals surface area (Å²) in [5.74, 6) is -0.626. The van der Waals surface area contributed by atoms with Crippen molar-refractivity contribution >= 4 is 17.5 Å². The fourth-order valence-electron chi connectivity index (χ4n) is 5.18. The zero-order valence-electron chi connectivity index (χ0n) is 13.2. The van der Waals surface area contributed by atoms with Crippen molar-refractivity contribution in [2.75, 3.05) is 0 Å². The maximum absolute atomic E-state index is 13.0. The van der Waals surface area contributed by atoms with E-state index in [1.807, 2.05) is 12.1 Å². The molecule has 0 bridgehead atoms. The first-order chi connectivity index (χ1) is 11.1. The van der Waals surface area contributed by atoms with Crippen LogP contribution in [0.5, 0.6) is 5.75 Å². The van der Waals surface area contributed by atoms with Crippen molar-refractivity contribution in [3.8, 4) is 5.75 Å². The van der Waals surface area contributed by atoms with Gasteiger partial charge >= 0.3 is 5.97 Å². The summed E-state index contributed by atoms with van der Waals surface area (Å²) in [5.41, 5.74) is -0.340. The van der Waals surface area contributed by atoms with Crippen molar-refractivity contribution in [1.82, 2.24) is 0 Å². The maximum Gasteiger partial charge on any atom is 0.325 e. The average molecular weight is 312 g/mol. The number of carbonyl (C=O) groups is 3. The summed E-state index contributed by atoms with van der Waals surface area (Å²) in [6.45, 7) is 1.49. The van der Waals surface area contributed by atoms with Crippen LogP contribution in [0.25, 0.3) is 0 Å². The number of Topliss-reactive ketones (excluding diaryl/α,β-unsaturated/α-hetero) is 2. The zero-order chi connectivity index (χ0) is 16.2. The number of hydrogen-bond acceptors (Lipinski definition) is 4. The third-order valence-electron chi connectivity index (χ3n) is 6.14. The number of para-hydroxylation sites is 1. The zero-order valence-corrected chi connectivity index (χ0v) is 13.2. The normalized spacial score (nSPS) is 35.6. The van der Waals surface area contributed by atoms with Crippen molar-refractivity contribution < 1.29 is 19.1 Å². The van der Waals surface area contributed by atoms with Crippen LogP contribution in [0.15, 0.2) is 24.3 Å². The Morgan fingerprint density at radius 2 is 1.91 bits per heavy atom. The number of carbonyl (C=O) groups excluding carboxylic acids is 3. The Morgan fingerprint density at radius 3 is 2.70 bits per heavy atom. The molecule has 0 spiro atoms. The van der Waals surface area contributed by atoms with E-state index in [9.17, 15) is 14.4 Å². The van der Waals surface area contributed by atoms with Gasteiger partial charge in [0, 0.05) is 23.8 Å². The predicted octanol–water partition coefficient (Wildman–Crippen LogP) is 3.04. The Labute approximate surface area is 135 Å². The average Bonchev–Trinajstić information content (AvgIpc) is 2.55. The second-order valence-electron chi connectivity index (χ2n) is 7.07. The van der Waals surface area contributed by atoms with E-state index in [1.165, 1.54) is 6.92 Å². The van der Waals surface area contributed by atoms with E-state index in [1.54, 1.807) is 12.1 Å². The smallest absolute Gasteiger partial charge is 0.325 e. The topological polar surface area (TPSA) is 60.4 Å². The highest BCUT2D eigenvalue weighted by molar-refractivity contribution is 6.08. The SMILES string of the molecule is CC(=O)C12C(=O)Oc3ccccc3C1CC(=O)C1CCCCC12. The van der Waals surface area contributed by atoms with Crippen LogP contribution < -0.4 is 4.74 Å². The first kappa shape index (κ1) is 14.6. The Hall–Kier alpha value is -1.97. The Morgan fingerprint density at radius 1 is 1.17 bits per heavy atom. The molecule has 0 radical (unpaired) electrons. The number of esters is 1. The number of benzene rings is 1. The van der Waals surface area contributed by atoms with Crippen LogP contribution in [-0.2, 0) is 14.4 Å². The van der Waals surface area contributed by atoms with Crippen LogP contribution in [0.3, 0.4) is 0 Å². The van der Waals surface area contributed by atoms with Gasteiger partial charge in [-0.1, -0.05) is 31.0 Å². The van der Waals surface area contributed by atoms with Crippen LogP contribution in [0.1, 0.15) is 50.5 Å². The van der Waals surface area contributed by atoms with Crippen LogP contribution in [0.4, 0.5) is 0 Å². The molecule has 0 saturated heterocycles. The van der Waals surface area contributed by atoms with Gasteiger partial charge in [-0.05, 0) is 31.7 Å². The molecule has 1 aromatic carbocycles. The van der Waals surface area contributed by atoms with E-state index in [-0.39, 0.29) is 35.7 Å². The Kier molecular flexibility index (Phi) is 3.19. The molecule has 0 amide bonds. The van der Waals surface area contributed by atoms with Gasteiger partial charge in [-0.3, -0.25) is 14.4 Å². The largest absolute Gasteiger partial charge is 0.425 e. The molecule has 1 aliphatic heterocycles. The molecule has 4 unspecified atom stereocenters. The molecule has 0 aromatic heterocycles. The molecule has 0 N–H and O–H groups in total. The summed E-state index contributed by atoms with van der Waals surface area (Å²) in [6, 6.07) is 7.32. The maximum atomic E-state index is 13.0. The first-order valence-corrected chi connectivity index (χ1v) is 8.41. The molecule has 2 fully saturated rings. The number of ketones is 2. The van der Waals surface area contributed by atoms with Crippen molar-refractivity contribution in [2.24, 2.45) is 17.3 Å². The highest BCUT2D eigenvalue weighted by Crippen LogP contribution is 2.60. The molecule has 1 heterocycles. The summed E-state index contributed by atoms with van der Waals surface area (Å²) in [6.07, 6.45) is 3.78. The summed E-state index contributed by atoms with van der Waals surface area (Å²) < 4.78 is 5.58. The molecule has 2 saturated carbocycles. The third kappa shape index (κ3) is 1.81. The molecule has 4 rings (SSSR count). The molecule has 4 heteroatoms. The van der Waals surface area contributed by atoms with Crippen LogP contribution in [0.2, 0.25) is 0 Å². The predicted molar refractivity (Wildman–Crippen MR) is 83.0 cm³/mol. The molecule has 4 nitrogen and oxygen atoms in total. The van der Waals surface area contributed by atoms with Gasteiger partial charge in [0.25, 0.3) is 0 Å². The van der Waals surface area contributed by atoms with Gasteiger partial charge in [-0.25, -0.2) is 0 Å². The second kappa shape index (κ2) is 5.02. The number of hydrogen-bond donors (Lipinski definition) is 0.